The van der Waals surface area contributed by atoms with Crippen molar-refractivity contribution in [3.63, 3.8) is 0 Å². The molecule has 2 fully saturated rings. The van der Waals surface area contributed by atoms with Crippen molar-refractivity contribution in [2.45, 2.75) is 119 Å². The molecule has 14 heteroatoms. The maximum absolute atomic E-state index is 14.2. The molecular weight excluding hydrogens is 782 g/mol. The Morgan fingerprint density at radius 2 is 0.945 bits per heavy atom. The average Bonchev–Trinajstić information content (AvgIpc) is 3.61. The molecule has 6 rings (SSSR count). The van der Waals surface area contributed by atoms with E-state index in [4.69, 9.17) is 0 Å². The third-order valence-corrected chi connectivity index (χ3v) is 17.2. The lowest BCUT2D eigenvalue weighted by Crippen LogP contribution is -2.28. The van der Waals surface area contributed by atoms with Gasteiger partial charge in [0.15, 0.2) is 0 Å². The first-order valence-corrected chi connectivity index (χ1v) is 21.3. The summed E-state index contributed by atoms with van der Waals surface area (Å²) < 4.78 is 170. The van der Waals surface area contributed by atoms with Gasteiger partial charge in [-0.05, 0) is 120 Å². The molecule has 0 aromatic heterocycles. The molecule has 3 aliphatic carbocycles. The molecule has 0 radical (unpaired) electrons. The Kier molecular flexibility index (Phi) is 12.3. The normalized spacial score (nSPS) is 18.9. The van der Waals surface area contributed by atoms with Crippen LogP contribution >= 0.6 is 15.8 Å². The summed E-state index contributed by atoms with van der Waals surface area (Å²) in [5.41, 5.74) is -4.87. The maximum atomic E-state index is 14.2. The number of alkyl halides is 12. The molecule has 298 valence electrons. The van der Waals surface area contributed by atoms with Crippen LogP contribution in [0.2, 0.25) is 0 Å². The molecule has 1 atom stereocenters. The van der Waals surface area contributed by atoms with E-state index in [1.165, 1.54) is 6.92 Å². The van der Waals surface area contributed by atoms with Gasteiger partial charge in [-0.2, -0.15) is 52.7 Å². The number of halogens is 12. The van der Waals surface area contributed by atoms with Crippen LogP contribution in [0.15, 0.2) is 78.4 Å². The Balaban J connectivity index is 1.58. The summed E-state index contributed by atoms with van der Waals surface area (Å²) in [5.74, 6) is 0. The molecule has 0 nitrogen and oxygen atoms in total. The summed E-state index contributed by atoms with van der Waals surface area (Å²) in [6, 6.07) is 9.42. The van der Waals surface area contributed by atoms with Crippen molar-refractivity contribution in [3.8, 4) is 0 Å². The van der Waals surface area contributed by atoms with Gasteiger partial charge < -0.3 is 0 Å². The lowest BCUT2D eigenvalue weighted by molar-refractivity contribution is -0.144. The minimum Gasteiger partial charge on any atom is -0.166 e. The molecule has 0 bridgehead atoms. The largest absolute Gasteiger partial charge is 0.416 e. The van der Waals surface area contributed by atoms with E-state index in [1.807, 2.05) is 18.2 Å². The molecule has 0 aliphatic heterocycles. The number of benzene rings is 3. The first-order valence-electron chi connectivity index (χ1n) is 18.4. The Labute approximate surface area is 315 Å². The van der Waals surface area contributed by atoms with Crippen LogP contribution in [0, 0.1) is 0 Å². The highest BCUT2D eigenvalue weighted by atomic mass is 31.1. The Bertz CT molecular complexity index is 1730. The van der Waals surface area contributed by atoms with Crippen molar-refractivity contribution >= 4 is 37.3 Å². The molecule has 0 unspecified atom stereocenters. The van der Waals surface area contributed by atoms with Crippen LogP contribution in [-0.4, -0.2) is 17.0 Å². The third-order valence-electron chi connectivity index (χ3n) is 10.9. The second-order valence-corrected chi connectivity index (χ2v) is 19.9. The number of rotatable bonds is 8. The minimum absolute atomic E-state index is 0.0931. The first-order chi connectivity index (χ1) is 25.7. The van der Waals surface area contributed by atoms with Gasteiger partial charge >= 0.3 is 24.7 Å². The highest BCUT2D eigenvalue weighted by Crippen LogP contribution is 2.57. The van der Waals surface area contributed by atoms with Crippen LogP contribution in [0.1, 0.15) is 105 Å². The van der Waals surface area contributed by atoms with E-state index in [0.29, 0.717) is 47.6 Å². The van der Waals surface area contributed by atoms with Crippen molar-refractivity contribution in [1.29, 1.82) is 0 Å². The molecule has 0 amide bonds. The predicted molar refractivity (Wildman–Crippen MR) is 196 cm³/mol. The van der Waals surface area contributed by atoms with Crippen LogP contribution in [0.5, 0.6) is 0 Å². The molecule has 0 spiro atoms. The summed E-state index contributed by atoms with van der Waals surface area (Å²) in [5, 5.41) is -0.116. The van der Waals surface area contributed by atoms with Crippen LogP contribution in [0.25, 0.3) is 5.57 Å². The molecule has 2 saturated carbocycles. The van der Waals surface area contributed by atoms with E-state index < -0.39 is 79.1 Å². The van der Waals surface area contributed by atoms with E-state index in [9.17, 15) is 52.7 Å². The summed E-state index contributed by atoms with van der Waals surface area (Å²) in [7, 11) is -3.44. The molecular formula is C41H40F12P2. The maximum Gasteiger partial charge on any atom is 0.416 e. The van der Waals surface area contributed by atoms with Crippen molar-refractivity contribution in [2.75, 3.05) is 0 Å². The van der Waals surface area contributed by atoms with E-state index >= 15 is 0 Å². The summed E-state index contributed by atoms with van der Waals surface area (Å²) in [6.07, 6.45) is -6.29. The second kappa shape index (κ2) is 16.2. The van der Waals surface area contributed by atoms with Gasteiger partial charge in [0.05, 0.1) is 22.3 Å². The second-order valence-electron chi connectivity index (χ2n) is 14.6. The number of hydrogen-bond acceptors (Lipinski definition) is 0. The number of allylic oxidation sites excluding steroid dienone is 4. The molecule has 3 aromatic rings. The highest BCUT2D eigenvalue weighted by Gasteiger charge is 2.42. The Morgan fingerprint density at radius 3 is 1.35 bits per heavy atom. The first kappa shape index (κ1) is 41.8. The summed E-state index contributed by atoms with van der Waals surface area (Å²) in [4.78, 5) is 0. The fourth-order valence-corrected chi connectivity index (χ4v) is 15.2. The van der Waals surface area contributed by atoms with Gasteiger partial charge in [-0.25, -0.2) is 0 Å². The lowest BCUT2D eigenvalue weighted by atomic mass is 9.99. The van der Waals surface area contributed by atoms with Crippen LogP contribution in [0.3, 0.4) is 0 Å². The fraction of sp³-hybridized carbons (Fsp3) is 0.463. The average molecular weight is 823 g/mol. The number of hydrogen-bond donors (Lipinski definition) is 0. The van der Waals surface area contributed by atoms with Gasteiger partial charge in [0.2, 0.25) is 0 Å². The quantitative estimate of drug-likeness (QED) is 0.157. The standard InChI is InChI=1S/C41H40F12P2/c1-25(34-16-10-17-35(34)36-15-8-9-18-37(36)55(30-11-4-2-5-12-30)31-13-6-3-7-14-31)54(32-21-26(38(42,43)44)19-27(22-32)39(45,46)47)33-23-28(40(48,49)50)20-29(24-33)41(51,52)53/h8-10,15-16,18-25,30-31H,2-7,11-14,17H2,1H3/t25-/m0/s1. The van der Waals surface area contributed by atoms with Gasteiger partial charge in [0, 0.05) is 5.66 Å². The molecule has 0 heterocycles. The molecule has 3 aliphatic rings. The smallest absolute Gasteiger partial charge is 0.166 e. The van der Waals surface area contributed by atoms with Crippen LogP contribution in [-0.2, 0) is 24.7 Å². The molecule has 0 N–H and O–H groups in total. The zero-order valence-electron chi connectivity index (χ0n) is 29.9. The zero-order valence-corrected chi connectivity index (χ0v) is 31.7. The molecule has 55 heavy (non-hydrogen) atoms. The van der Waals surface area contributed by atoms with Gasteiger partial charge in [0.25, 0.3) is 0 Å². The van der Waals surface area contributed by atoms with Crippen LogP contribution < -0.4 is 15.9 Å². The third kappa shape index (κ3) is 9.49. The Hall–Kier alpha value is -2.84. The SMILES string of the molecule is C[C@@H](C1=C(c2ccccc2P(C2CCCCC2)C2CCCCC2)CC=C1)P(c1cc(C(F)(F)F)cc(C(F)(F)F)c1)c1cc(C(F)(F)F)cc(C(F)(F)F)c1. The Morgan fingerprint density at radius 1 is 0.545 bits per heavy atom. The summed E-state index contributed by atoms with van der Waals surface area (Å²) in [6.45, 7) is 1.48. The van der Waals surface area contributed by atoms with Crippen molar-refractivity contribution in [2.24, 2.45) is 0 Å². The van der Waals surface area contributed by atoms with Gasteiger partial charge in [-0.3, -0.25) is 0 Å². The predicted octanol–water partition coefficient (Wildman–Crippen LogP) is 13.8. The van der Waals surface area contributed by atoms with Crippen molar-refractivity contribution in [1.82, 2.24) is 0 Å². The lowest BCUT2D eigenvalue weighted by Gasteiger charge is -2.40. The van der Waals surface area contributed by atoms with Gasteiger partial charge in [-0.15, -0.1) is 0 Å². The minimum atomic E-state index is -5.29. The highest BCUT2D eigenvalue weighted by molar-refractivity contribution is 7.73. The fourth-order valence-electron chi connectivity index (χ4n) is 8.43. The van der Waals surface area contributed by atoms with E-state index in [2.05, 4.69) is 6.07 Å². The summed E-state index contributed by atoms with van der Waals surface area (Å²) >= 11 is 0. The van der Waals surface area contributed by atoms with E-state index in [0.717, 1.165) is 80.6 Å². The molecule has 3 aromatic carbocycles. The van der Waals surface area contributed by atoms with Gasteiger partial charge in [-0.1, -0.05) is 89.8 Å². The monoisotopic (exact) mass is 822 g/mol. The molecule has 0 saturated heterocycles. The van der Waals surface area contributed by atoms with Gasteiger partial charge in [0.1, 0.15) is 0 Å². The van der Waals surface area contributed by atoms with Crippen molar-refractivity contribution < 1.29 is 52.7 Å². The topological polar surface area (TPSA) is 0 Å². The van der Waals surface area contributed by atoms with Crippen LogP contribution in [0.4, 0.5) is 52.7 Å². The zero-order chi connectivity index (χ0) is 39.9. The van der Waals surface area contributed by atoms with E-state index in [1.54, 1.807) is 12.2 Å². The van der Waals surface area contributed by atoms with Crippen molar-refractivity contribution in [3.05, 3.63) is 106 Å². The van der Waals surface area contributed by atoms with E-state index in [-0.39, 0.29) is 12.1 Å².